The lowest BCUT2D eigenvalue weighted by molar-refractivity contribution is 0.403. The molecular formula is C12H16N4S. The van der Waals surface area contributed by atoms with Gasteiger partial charge in [0.15, 0.2) is 0 Å². The van der Waals surface area contributed by atoms with E-state index in [9.17, 15) is 0 Å². The number of nitrogens with two attached hydrogens (primary N) is 1. The van der Waals surface area contributed by atoms with Gasteiger partial charge >= 0.3 is 0 Å². The molecule has 0 radical (unpaired) electrons. The predicted octanol–water partition coefficient (Wildman–Crippen LogP) is 2.37. The van der Waals surface area contributed by atoms with Gasteiger partial charge in [0, 0.05) is 12.1 Å². The van der Waals surface area contributed by atoms with Gasteiger partial charge in [0.05, 0.1) is 5.39 Å². The number of hydrogen-bond acceptors (Lipinski definition) is 5. The van der Waals surface area contributed by atoms with Crippen LogP contribution in [0.15, 0.2) is 17.8 Å². The zero-order valence-corrected chi connectivity index (χ0v) is 10.4. The predicted molar refractivity (Wildman–Crippen MR) is 71.3 cm³/mol. The largest absolute Gasteiger partial charge is 0.365 e. The number of anilines is 1. The maximum Gasteiger partial charge on any atom is 0.138 e. The van der Waals surface area contributed by atoms with E-state index in [1.54, 1.807) is 17.7 Å². The van der Waals surface area contributed by atoms with Crippen LogP contribution >= 0.6 is 11.3 Å². The summed E-state index contributed by atoms with van der Waals surface area (Å²) >= 11 is 1.64. The van der Waals surface area contributed by atoms with E-state index < -0.39 is 0 Å². The lowest BCUT2D eigenvalue weighted by atomic mass is 9.91. The number of hydrogen-bond donors (Lipinski definition) is 2. The molecule has 2 aromatic rings. The van der Waals surface area contributed by atoms with Gasteiger partial charge in [-0.2, -0.15) is 0 Å². The van der Waals surface area contributed by atoms with E-state index in [4.69, 9.17) is 5.73 Å². The van der Waals surface area contributed by atoms with Crippen molar-refractivity contribution in [2.75, 3.05) is 5.32 Å². The highest BCUT2D eigenvalue weighted by atomic mass is 32.1. The average Bonchev–Trinajstić information content (AvgIpc) is 2.81. The summed E-state index contributed by atoms with van der Waals surface area (Å²) in [7, 11) is 0. The fraction of sp³-hybridized carbons (Fsp3) is 0.500. The fourth-order valence-electron chi connectivity index (χ4n) is 2.42. The van der Waals surface area contributed by atoms with Crippen molar-refractivity contribution < 1.29 is 0 Å². The highest BCUT2D eigenvalue weighted by Gasteiger charge is 2.22. The highest BCUT2D eigenvalue weighted by Crippen LogP contribution is 2.26. The van der Waals surface area contributed by atoms with Crippen LogP contribution in [0.1, 0.15) is 25.7 Å². The van der Waals surface area contributed by atoms with E-state index >= 15 is 0 Å². The first-order chi connectivity index (χ1) is 8.34. The van der Waals surface area contributed by atoms with E-state index in [1.807, 2.05) is 5.38 Å². The van der Waals surface area contributed by atoms with Crippen LogP contribution in [0.4, 0.5) is 5.82 Å². The molecule has 0 aromatic carbocycles. The van der Waals surface area contributed by atoms with Gasteiger partial charge < -0.3 is 11.1 Å². The molecule has 17 heavy (non-hydrogen) atoms. The first kappa shape index (κ1) is 10.9. The molecule has 2 aromatic heterocycles. The van der Waals surface area contributed by atoms with Crippen LogP contribution in [-0.4, -0.2) is 22.1 Å². The third kappa shape index (κ3) is 2.12. The Labute approximate surface area is 104 Å². The topological polar surface area (TPSA) is 63.8 Å². The fourth-order valence-corrected chi connectivity index (χ4v) is 3.15. The van der Waals surface area contributed by atoms with Gasteiger partial charge in [-0.25, -0.2) is 9.97 Å². The van der Waals surface area contributed by atoms with Crippen LogP contribution < -0.4 is 11.1 Å². The number of fused-ring (bicyclic) bond motifs is 1. The number of thiophene rings is 1. The van der Waals surface area contributed by atoms with Crippen molar-refractivity contribution in [3.8, 4) is 0 Å². The molecule has 0 spiro atoms. The summed E-state index contributed by atoms with van der Waals surface area (Å²) in [6, 6.07) is 2.66. The Morgan fingerprint density at radius 3 is 3.06 bits per heavy atom. The molecule has 1 saturated carbocycles. The SMILES string of the molecule is NC1CCCCC1Nc1ncnc2sccc12. The Kier molecular flexibility index (Phi) is 2.94. The number of nitrogens with one attached hydrogen (secondary N) is 1. The maximum absolute atomic E-state index is 6.14. The van der Waals surface area contributed by atoms with Crippen molar-refractivity contribution in [1.29, 1.82) is 0 Å². The van der Waals surface area contributed by atoms with Crippen LogP contribution in [0, 0.1) is 0 Å². The molecule has 2 unspecified atom stereocenters. The molecule has 0 bridgehead atoms. The zero-order chi connectivity index (χ0) is 11.7. The van der Waals surface area contributed by atoms with E-state index in [0.717, 1.165) is 28.9 Å². The van der Waals surface area contributed by atoms with Gasteiger partial charge in [-0.3, -0.25) is 0 Å². The highest BCUT2D eigenvalue weighted by molar-refractivity contribution is 7.16. The van der Waals surface area contributed by atoms with Gasteiger partial charge in [0.25, 0.3) is 0 Å². The molecular weight excluding hydrogens is 232 g/mol. The molecule has 4 nitrogen and oxygen atoms in total. The van der Waals surface area contributed by atoms with Crippen LogP contribution in [0.5, 0.6) is 0 Å². The second-order valence-corrected chi connectivity index (χ2v) is 5.46. The van der Waals surface area contributed by atoms with Crippen molar-refractivity contribution in [2.45, 2.75) is 37.8 Å². The van der Waals surface area contributed by atoms with Gasteiger partial charge in [0.1, 0.15) is 17.0 Å². The number of aromatic nitrogens is 2. The summed E-state index contributed by atoms with van der Waals surface area (Å²) in [5.74, 6) is 0.929. The first-order valence-corrected chi connectivity index (χ1v) is 6.93. The standard InChI is InChI=1S/C12H16N4S/c13-9-3-1-2-4-10(9)16-11-8-5-6-17-12(8)15-7-14-11/h5-7,9-10H,1-4,13H2,(H,14,15,16). The average molecular weight is 248 g/mol. The zero-order valence-electron chi connectivity index (χ0n) is 9.60. The van der Waals surface area contributed by atoms with E-state index in [2.05, 4.69) is 21.4 Å². The summed E-state index contributed by atoms with van der Waals surface area (Å²) in [4.78, 5) is 9.62. The smallest absolute Gasteiger partial charge is 0.138 e. The van der Waals surface area contributed by atoms with Gasteiger partial charge in [-0.15, -0.1) is 11.3 Å². The normalized spacial score (nSPS) is 25.0. The van der Waals surface area contributed by atoms with Gasteiger partial charge in [0.2, 0.25) is 0 Å². The molecule has 90 valence electrons. The molecule has 5 heteroatoms. The van der Waals surface area contributed by atoms with E-state index in [0.29, 0.717) is 6.04 Å². The minimum Gasteiger partial charge on any atom is -0.365 e. The molecule has 3 rings (SSSR count). The molecule has 1 fully saturated rings. The van der Waals surface area contributed by atoms with Crippen LogP contribution in [0.2, 0.25) is 0 Å². The van der Waals surface area contributed by atoms with Crippen molar-refractivity contribution in [3.63, 3.8) is 0 Å². The minimum atomic E-state index is 0.243. The molecule has 0 amide bonds. The summed E-state index contributed by atoms with van der Waals surface area (Å²) in [5.41, 5.74) is 6.14. The van der Waals surface area contributed by atoms with Crippen LogP contribution in [-0.2, 0) is 0 Å². The molecule has 2 atom stereocenters. The van der Waals surface area contributed by atoms with Gasteiger partial charge in [-0.05, 0) is 24.3 Å². The molecule has 1 aliphatic rings. The Hall–Kier alpha value is -1.20. The van der Waals surface area contributed by atoms with Crippen LogP contribution in [0.3, 0.4) is 0 Å². The number of nitrogens with zero attached hydrogens (tertiary/aromatic N) is 2. The van der Waals surface area contributed by atoms with Gasteiger partial charge in [-0.1, -0.05) is 12.8 Å². The Morgan fingerprint density at radius 1 is 1.29 bits per heavy atom. The summed E-state index contributed by atoms with van der Waals surface area (Å²) in [6.07, 6.45) is 6.36. The summed E-state index contributed by atoms with van der Waals surface area (Å²) in [6.45, 7) is 0. The minimum absolute atomic E-state index is 0.243. The van der Waals surface area contributed by atoms with Crippen molar-refractivity contribution in [1.82, 2.24) is 9.97 Å². The van der Waals surface area contributed by atoms with E-state index in [1.165, 1.54) is 12.8 Å². The van der Waals surface area contributed by atoms with Crippen molar-refractivity contribution >= 4 is 27.4 Å². The first-order valence-electron chi connectivity index (χ1n) is 6.05. The Bertz CT molecular complexity index is 510. The van der Waals surface area contributed by atoms with Crippen molar-refractivity contribution in [3.05, 3.63) is 17.8 Å². The molecule has 0 saturated heterocycles. The third-order valence-electron chi connectivity index (χ3n) is 3.40. The quantitative estimate of drug-likeness (QED) is 0.856. The summed E-state index contributed by atoms with van der Waals surface area (Å²) in [5, 5.41) is 6.64. The second kappa shape index (κ2) is 4.58. The Balaban J connectivity index is 1.86. The van der Waals surface area contributed by atoms with Crippen LogP contribution in [0.25, 0.3) is 10.2 Å². The lowest BCUT2D eigenvalue weighted by Gasteiger charge is -2.29. The molecule has 2 heterocycles. The molecule has 0 aliphatic heterocycles. The van der Waals surface area contributed by atoms with Crippen molar-refractivity contribution in [2.24, 2.45) is 5.73 Å². The molecule has 3 N–H and O–H groups in total. The summed E-state index contributed by atoms with van der Waals surface area (Å²) < 4.78 is 0. The van der Waals surface area contributed by atoms with E-state index in [-0.39, 0.29) is 6.04 Å². The monoisotopic (exact) mass is 248 g/mol. The second-order valence-electron chi connectivity index (χ2n) is 4.56. The maximum atomic E-state index is 6.14. The number of rotatable bonds is 2. The third-order valence-corrected chi connectivity index (χ3v) is 4.22. The Morgan fingerprint density at radius 2 is 2.18 bits per heavy atom. The molecule has 1 aliphatic carbocycles. The lowest BCUT2D eigenvalue weighted by Crippen LogP contribution is -2.42.